The number of alkyl carbamates (subject to hydrolysis) is 2. The van der Waals surface area contributed by atoms with Crippen LogP contribution in [-0.4, -0.2) is 70.7 Å². The van der Waals surface area contributed by atoms with Gasteiger partial charge in [-0.1, -0.05) is 23.5 Å². The number of carbonyl (C=O) groups is 2. The number of ether oxygens (including phenoxy) is 4. The van der Waals surface area contributed by atoms with Crippen molar-refractivity contribution < 1.29 is 37.3 Å². The summed E-state index contributed by atoms with van der Waals surface area (Å²) < 4.78 is 51.6. The predicted molar refractivity (Wildman–Crippen MR) is 201 cm³/mol. The average molecular weight is 763 g/mol. The summed E-state index contributed by atoms with van der Waals surface area (Å²) in [6.07, 6.45) is -1.87. The lowest BCUT2D eigenvalue weighted by Gasteiger charge is -2.38. The second-order valence-electron chi connectivity index (χ2n) is 15.2. The van der Waals surface area contributed by atoms with Crippen LogP contribution in [0.5, 0.6) is 0 Å². The number of nitrogens with two attached hydrogens (primary N) is 2. The lowest BCUT2D eigenvalue weighted by Crippen LogP contribution is -2.46. The van der Waals surface area contributed by atoms with Gasteiger partial charge in [-0.2, -0.15) is 0 Å². The molecule has 2 aromatic carbocycles. The lowest BCUT2D eigenvalue weighted by atomic mass is 9.77. The number of nitrogens with one attached hydrogen (secondary N) is 2. The van der Waals surface area contributed by atoms with Gasteiger partial charge in [-0.15, -0.1) is 0 Å². The number of rotatable bonds is 2. The molecule has 6 rings (SSSR count). The fourth-order valence-corrected chi connectivity index (χ4v) is 8.94. The summed E-state index contributed by atoms with van der Waals surface area (Å²) in [5, 5.41) is 6.16. The summed E-state index contributed by atoms with van der Waals surface area (Å²) in [5.74, 6) is 0.508. The molecule has 4 aliphatic rings. The van der Waals surface area contributed by atoms with E-state index in [1.54, 1.807) is 53.7 Å². The van der Waals surface area contributed by atoms with E-state index in [0.717, 1.165) is 0 Å². The number of halogens is 2. The first-order valence-electron chi connectivity index (χ1n) is 17.0. The topological polar surface area (TPSA) is 172 Å². The second-order valence-corrected chi connectivity index (χ2v) is 17.2. The van der Waals surface area contributed by atoms with E-state index in [9.17, 15) is 18.4 Å². The molecule has 2 fully saturated rings. The first-order chi connectivity index (χ1) is 24.2. The number of hydrogen-bond acceptors (Lipinski definition) is 12. The third-order valence-electron chi connectivity index (χ3n) is 9.05. The van der Waals surface area contributed by atoms with E-state index >= 15 is 0 Å². The smallest absolute Gasteiger partial charge is 0.413 e. The maximum Gasteiger partial charge on any atom is 0.413 e. The number of carbonyl (C=O) groups excluding carboxylic acids is 2. The van der Waals surface area contributed by atoms with Crippen molar-refractivity contribution in [1.29, 1.82) is 0 Å². The van der Waals surface area contributed by atoms with E-state index in [4.69, 9.17) is 40.4 Å². The highest BCUT2D eigenvalue weighted by atomic mass is 32.2. The number of thioether (sulfide) groups is 2. The zero-order chi connectivity index (χ0) is 38.2. The van der Waals surface area contributed by atoms with Gasteiger partial charge in [0.25, 0.3) is 0 Å². The molecular weight excluding hydrogens is 715 g/mol. The number of nitrogen functional groups attached to an aromatic ring is 2. The molecule has 4 heterocycles. The summed E-state index contributed by atoms with van der Waals surface area (Å²) in [6.45, 7) is 15.4. The Hall–Kier alpha value is -3.60. The first kappa shape index (κ1) is 39.6. The quantitative estimate of drug-likeness (QED) is 0.247. The Labute approximate surface area is 311 Å². The summed E-state index contributed by atoms with van der Waals surface area (Å²) in [5.41, 5.74) is 10.4. The van der Waals surface area contributed by atoms with Crippen LogP contribution in [-0.2, 0) is 30.0 Å². The molecule has 6 atom stereocenters. The minimum atomic E-state index is -0.922. The molecule has 0 bridgehead atoms. The third kappa shape index (κ3) is 8.45. The molecule has 284 valence electrons. The van der Waals surface area contributed by atoms with Gasteiger partial charge in [0.2, 0.25) is 0 Å². The number of aliphatic imine (C=N–C) groups is 2. The number of benzene rings is 2. The molecule has 0 aliphatic carbocycles. The maximum atomic E-state index is 14.7. The van der Waals surface area contributed by atoms with Crippen LogP contribution in [0.2, 0.25) is 0 Å². The molecule has 2 aromatic rings. The van der Waals surface area contributed by atoms with Crippen LogP contribution < -0.4 is 22.1 Å². The van der Waals surface area contributed by atoms with Crippen molar-refractivity contribution in [2.45, 2.75) is 89.9 Å². The lowest BCUT2D eigenvalue weighted by molar-refractivity contribution is 0.0551. The van der Waals surface area contributed by atoms with Crippen LogP contribution in [0.1, 0.15) is 66.5 Å². The number of hydrogen-bond donors (Lipinski definition) is 4. The predicted octanol–water partition coefficient (Wildman–Crippen LogP) is 6.53. The van der Waals surface area contributed by atoms with Crippen molar-refractivity contribution in [3.63, 3.8) is 0 Å². The molecule has 16 heteroatoms. The third-order valence-corrected chi connectivity index (χ3v) is 11.1. The van der Waals surface area contributed by atoms with Crippen LogP contribution in [0.15, 0.2) is 46.4 Å². The minimum Gasteiger partial charge on any atom is -0.444 e. The van der Waals surface area contributed by atoms with Crippen LogP contribution in [0.4, 0.5) is 29.7 Å². The molecule has 0 unspecified atom stereocenters. The number of fused-ring (bicyclic) bond motifs is 2. The molecular formula is C36H48F2N6O6S2. The van der Waals surface area contributed by atoms with Gasteiger partial charge in [0.05, 0.1) is 25.4 Å². The Morgan fingerprint density at radius 1 is 0.750 bits per heavy atom. The molecule has 0 radical (unpaired) electrons. The van der Waals surface area contributed by atoms with Crippen LogP contribution in [0, 0.1) is 23.5 Å². The highest BCUT2D eigenvalue weighted by molar-refractivity contribution is 8.14. The van der Waals surface area contributed by atoms with E-state index in [2.05, 4.69) is 10.6 Å². The minimum absolute atomic E-state index is 0.0111. The van der Waals surface area contributed by atoms with E-state index in [-0.39, 0.29) is 35.7 Å². The zero-order valence-corrected chi connectivity index (χ0v) is 32.3. The van der Waals surface area contributed by atoms with Gasteiger partial charge in [0.15, 0.2) is 10.3 Å². The van der Waals surface area contributed by atoms with Crippen molar-refractivity contribution >= 4 is 57.4 Å². The summed E-state index contributed by atoms with van der Waals surface area (Å²) in [7, 11) is 0. The molecule has 6 N–H and O–H groups in total. The fourth-order valence-electron chi connectivity index (χ4n) is 6.78. The monoisotopic (exact) mass is 762 g/mol. The number of anilines is 2. The molecule has 4 aliphatic heterocycles. The standard InChI is InChI=1S/2C18H24FN3O3S/c2*1-10-18(13-7-12(20)5-6-14(13)19)11(8-24-10)9-26-15(22-18)21-16(23)25-17(2,3)4/h2*5-7,10-11H,8-9,20H2,1-4H3,(H,21,22,23)/t2*10-,11+,18+/m11/s1. The summed E-state index contributed by atoms with van der Waals surface area (Å²) >= 11 is 2.81. The number of amidine groups is 2. The van der Waals surface area contributed by atoms with Crippen molar-refractivity contribution in [2.24, 2.45) is 21.8 Å². The van der Waals surface area contributed by atoms with Crippen molar-refractivity contribution in [3.8, 4) is 0 Å². The highest BCUT2D eigenvalue weighted by Gasteiger charge is 2.55. The molecule has 2 amide bonds. The normalized spacial score (nSPS) is 28.3. The fraction of sp³-hybridized carbons (Fsp3) is 0.556. The molecule has 0 spiro atoms. The molecule has 0 saturated carbocycles. The Bertz CT molecular complexity index is 1620. The van der Waals surface area contributed by atoms with E-state index < -0.39 is 34.5 Å². The van der Waals surface area contributed by atoms with E-state index in [0.29, 0.717) is 57.6 Å². The van der Waals surface area contributed by atoms with Gasteiger partial charge in [0, 0.05) is 45.8 Å². The average Bonchev–Trinajstić information content (AvgIpc) is 3.54. The van der Waals surface area contributed by atoms with Gasteiger partial charge in [-0.3, -0.25) is 10.6 Å². The van der Waals surface area contributed by atoms with E-state index in [1.807, 2.05) is 13.8 Å². The second kappa shape index (κ2) is 15.0. The van der Waals surface area contributed by atoms with Gasteiger partial charge in [0.1, 0.15) is 33.9 Å². The van der Waals surface area contributed by atoms with Crippen LogP contribution in [0.3, 0.4) is 0 Å². The van der Waals surface area contributed by atoms with Gasteiger partial charge >= 0.3 is 12.2 Å². The van der Waals surface area contributed by atoms with Crippen molar-refractivity contribution in [3.05, 3.63) is 59.2 Å². The largest absolute Gasteiger partial charge is 0.444 e. The van der Waals surface area contributed by atoms with Gasteiger partial charge < -0.3 is 30.4 Å². The van der Waals surface area contributed by atoms with Gasteiger partial charge in [-0.25, -0.2) is 28.4 Å². The highest BCUT2D eigenvalue weighted by Crippen LogP contribution is 2.50. The Morgan fingerprint density at radius 2 is 1.12 bits per heavy atom. The molecule has 2 saturated heterocycles. The van der Waals surface area contributed by atoms with E-state index in [1.165, 1.54) is 47.8 Å². The molecule has 0 aromatic heterocycles. The molecule has 52 heavy (non-hydrogen) atoms. The van der Waals surface area contributed by atoms with Crippen LogP contribution in [0.25, 0.3) is 0 Å². The Balaban J connectivity index is 0.000000201. The SMILES string of the molecule is C[C@H]1OC[C@H]2CSC(NC(=O)OC(C)(C)C)=N[C@]21c1cc(N)ccc1F.C[C@H]1OC[C@H]2CSC(NC(=O)OC(C)(C)C)=N[C@]21c1cc(N)ccc1F. The molecule has 12 nitrogen and oxygen atoms in total. The number of nitrogens with zero attached hydrogens (tertiary/aromatic N) is 2. The van der Waals surface area contributed by atoms with Crippen molar-refractivity contribution in [2.75, 3.05) is 36.2 Å². The van der Waals surface area contributed by atoms with Crippen LogP contribution >= 0.6 is 23.5 Å². The van der Waals surface area contributed by atoms with Crippen molar-refractivity contribution in [1.82, 2.24) is 10.6 Å². The zero-order valence-electron chi connectivity index (χ0n) is 30.7. The summed E-state index contributed by atoms with van der Waals surface area (Å²) in [4.78, 5) is 33.7. The van der Waals surface area contributed by atoms with Gasteiger partial charge in [-0.05, 0) is 91.8 Å². The first-order valence-corrected chi connectivity index (χ1v) is 19.0. The number of amides is 2. The summed E-state index contributed by atoms with van der Waals surface area (Å²) in [6, 6.07) is 8.95. The maximum absolute atomic E-state index is 14.7. The Kier molecular flexibility index (Phi) is 11.4. The Morgan fingerprint density at radius 3 is 1.46 bits per heavy atom.